The molecule has 0 unspecified atom stereocenters. The Morgan fingerprint density at radius 2 is 2.04 bits per heavy atom. The molecule has 0 radical (unpaired) electrons. The van der Waals surface area contributed by atoms with Gasteiger partial charge in [0.1, 0.15) is 17.1 Å². The van der Waals surface area contributed by atoms with E-state index in [0.29, 0.717) is 16.2 Å². The molecule has 3 N–H and O–H groups in total. The Morgan fingerprint density at radius 1 is 1.35 bits per heavy atom. The molecular formula is C17H16ClN3O2. The zero-order valence-corrected chi connectivity index (χ0v) is 13.8. The van der Waals surface area contributed by atoms with Gasteiger partial charge in [-0.15, -0.1) is 0 Å². The summed E-state index contributed by atoms with van der Waals surface area (Å²) in [5.41, 5.74) is 9.39. The van der Waals surface area contributed by atoms with Crippen molar-refractivity contribution in [3.63, 3.8) is 0 Å². The predicted octanol–water partition coefficient (Wildman–Crippen LogP) is 3.32. The normalized spacial score (nSPS) is 11.1. The summed E-state index contributed by atoms with van der Waals surface area (Å²) in [7, 11) is 1.80. The highest BCUT2D eigenvalue weighted by Crippen LogP contribution is 2.39. The van der Waals surface area contributed by atoms with Crippen LogP contribution in [0, 0.1) is 13.8 Å². The summed E-state index contributed by atoms with van der Waals surface area (Å²) in [5, 5.41) is 11.3. The third-order valence-corrected chi connectivity index (χ3v) is 4.33. The van der Waals surface area contributed by atoms with E-state index in [1.165, 1.54) is 0 Å². The number of rotatable bonds is 2. The number of aromatic nitrogens is 2. The maximum Gasteiger partial charge on any atom is 0.267 e. The van der Waals surface area contributed by atoms with Crippen LogP contribution in [0.5, 0.6) is 5.75 Å². The number of primary amides is 1. The number of phenols is 1. The van der Waals surface area contributed by atoms with Crippen molar-refractivity contribution in [2.45, 2.75) is 13.8 Å². The van der Waals surface area contributed by atoms with E-state index in [4.69, 9.17) is 17.3 Å². The highest BCUT2D eigenvalue weighted by Gasteiger charge is 2.20. The molecular weight excluding hydrogens is 314 g/mol. The monoisotopic (exact) mass is 329 g/mol. The summed E-state index contributed by atoms with van der Waals surface area (Å²) in [5.74, 6) is -0.427. The quantitative estimate of drug-likeness (QED) is 0.756. The number of pyridine rings is 1. The topological polar surface area (TPSA) is 81.1 Å². The van der Waals surface area contributed by atoms with Crippen LogP contribution in [0.1, 0.15) is 21.6 Å². The van der Waals surface area contributed by atoms with Crippen LogP contribution in [-0.4, -0.2) is 20.6 Å². The minimum absolute atomic E-state index is 0.160. The number of aryl methyl sites for hydroxylation is 2. The van der Waals surface area contributed by atoms with E-state index in [1.54, 1.807) is 29.9 Å². The summed E-state index contributed by atoms with van der Waals surface area (Å²) in [6.45, 7) is 3.76. The molecule has 0 saturated heterocycles. The SMILES string of the molecule is Cc1ccc(O)c(C)c1-c1cc(C(N)=O)nc2c1c(Cl)cn2C. The molecule has 2 heterocycles. The molecule has 5 nitrogen and oxygen atoms in total. The first-order chi connectivity index (χ1) is 10.8. The van der Waals surface area contributed by atoms with E-state index < -0.39 is 5.91 Å². The molecule has 1 aromatic carbocycles. The fraction of sp³-hybridized carbons (Fsp3) is 0.176. The van der Waals surface area contributed by atoms with E-state index in [0.717, 1.165) is 22.1 Å². The Labute approximate surface area is 138 Å². The summed E-state index contributed by atoms with van der Waals surface area (Å²) in [6, 6.07) is 5.10. The van der Waals surface area contributed by atoms with Crippen LogP contribution < -0.4 is 5.73 Å². The minimum atomic E-state index is -0.610. The zero-order valence-electron chi connectivity index (χ0n) is 13.0. The smallest absolute Gasteiger partial charge is 0.267 e. The lowest BCUT2D eigenvalue weighted by atomic mass is 9.93. The molecule has 0 aliphatic rings. The number of hydrogen-bond acceptors (Lipinski definition) is 3. The lowest BCUT2D eigenvalue weighted by molar-refractivity contribution is 0.0996. The van der Waals surface area contributed by atoms with Crippen molar-refractivity contribution >= 4 is 28.5 Å². The molecule has 0 saturated carbocycles. The Balaban J connectivity index is 2.51. The fourth-order valence-corrected chi connectivity index (χ4v) is 3.22. The first kappa shape index (κ1) is 15.4. The molecule has 0 aliphatic heterocycles. The highest BCUT2D eigenvalue weighted by molar-refractivity contribution is 6.36. The van der Waals surface area contributed by atoms with Crippen molar-refractivity contribution in [1.82, 2.24) is 9.55 Å². The number of halogens is 1. The standard InChI is InChI=1S/C17H16ClN3O2/c1-8-4-5-13(22)9(2)14(8)10-6-12(16(19)23)20-17-15(10)11(18)7-21(17)3/h4-7,22H,1-3H3,(H2,19,23). The molecule has 0 spiro atoms. The van der Waals surface area contributed by atoms with Gasteiger partial charge in [0.25, 0.3) is 5.91 Å². The number of nitrogens with zero attached hydrogens (tertiary/aromatic N) is 2. The van der Waals surface area contributed by atoms with E-state index in [2.05, 4.69) is 4.98 Å². The van der Waals surface area contributed by atoms with Crippen molar-refractivity contribution in [2.75, 3.05) is 0 Å². The number of hydrogen-bond donors (Lipinski definition) is 2. The summed E-state index contributed by atoms with van der Waals surface area (Å²) in [4.78, 5) is 16.0. The third kappa shape index (κ3) is 2.33. The van der Waals surface area contributed by atoms with Gasteiger partial charge >= 0.3 is 0 Å². The first-order valence-electron chi connectivity index (χ1n) is 7.06. The molecule has 118 valence electrons. The lowest BCUT2D eigenvalue weighted by Gasteiger charge is -2.14. The first-order valence-corrected chi connectivity index (χ1v) is 7.44. The number of fused-ring (bicyclic) bond motifs is 1. The van der Waals surface area contributed by atoms with Gasteiger partial charge in [-0.3, -0.25) is 4.79 Å². The molecule has 3 rings (SSSR count). The van der Waals surface area contributed by atoms with Crippen LogP contribution in [0.4, 0.5) is 0 Å². The second kappa shape index (κ2) is 5.28. The average Bonchev–Trinajstić information content (AvgIpc) is 2.78. The van der Waals surface area contributed by atoms with Gasteiger partial charge in [-0.05, 0) is 48.2 Å². The van der Waals surface area contributed by atoms with Gasteiger partial charge in [0.2, 0.25) is 0 Å². The second-order valence-electron chi connectivity index (χ2n) is 5.61. The van der Waals surface area contributed by atoms with E-state index in [9.17, 15) is 9.90 Å². The molecule has 0 aliphatic carbocycles. The van der Waals surface area contributed by atoms with Gasteiger partial charge < -0.3 is 15.4 Å². The van der Waals surface area contributed by atoms with Crippen LogP contribution in [0.25, 0.3) is 22.2 Å². The van der Waals surface area contributed by atoms with Crippen LogP contribution >= 0.6 is 11.6 Å². The molecule has 0 bridgehead atoms. The fourth-order valence-electron chi connectivity index (χ4n) is 2.89. The number of benzene rings is 1. The Morgan fingerprint density at radius 3 is 2.70 bits per heavy atom. The van der Waals surface area contributed by atoms with Crippen molar-refractivity contribution in [2.24, 2.45) is 12.8 Å². The maximum absolute atomic E-state index is 11.7. The van der Waals surface area contributed by atoms with Gasteiger partial charge in [-0.2, -0.15) is 0 Å². The van der Waals surface area contributed by atoms with E-state index in [1.807, 2.05) is 19.9 Å². The predicted molar refractivity (Wildman–Crippen MR) is 90.8 cm³/mol. The Hall–Kier alpha value is -2.53. The molecule has 3 aromatic rings. The molecule has 2 aromatic heterocycles. The second-order valence-corrected chi connectivity index (χ2v) is 6.01. The Bertz CT molecular complexity index is 960. The van der Waals surface area contributed by atoms with Crippen molar-refractivity contribution in [3.8, 4) is 16.9 Å². The molecule has 6 heteroatoms. The maximum atomic E-state index is 11.7. The third-order valence-electron chi connectivity index (χ3n) is 4.05. The summed E-state index contributed by atoms with van der Waals surface area (Å²) in [6.07, 6.45) is 1.74. The van der Waals surface area contributed by atoms with Crippen LogP contribution in [0.15, 0.2) is 24.4 Å². The summed E-state index contributed by atoms with van der Waals surface area (Å²) >= 11 is 6.37. The number of carbonyl (C=O) groups is 1. The zero-order chi connectivity index (χ0) is 16.9. The molecule has 0 fully saturated rings. The Kier molecular flexibility index (Phi) is 3.53. The number of aromatic hydroxyl groups is 1. The van der Waals surface area contributed by atoms with E-state index in [-0.39, 0.29) is 11.4 Å². The van der Waals surface area contributed by atoms with Crippen LogP contribution in [-0.2, 0) is 7.05 Å². The molecule has 1 amide bonds. The lowest BCUT2D eigenvalue weighted by Crippen LogP contribution is -2.13. The van der Waals surface area contributed by atoms with Crippen LogP contribution in [0.3, 0.4) is 0 Å². The van der Waals surface area contributed by atoms with Crippen molar-refractivity contribution in [3.05, 3.63) is 46.2 Å². The summed E-state index contributed by atoms with van der Waals surface area (Å²) < 4.78 is 1.75. The van der Waals surface area contributed by atoms with Gasteiger partial charge in [0, 0.05) is 18.6 Å². The largest absolute Gasteiger partial charge is 0.508 e. The van der Waals surface area contributed by atoms with Gasteiger partial charge in [0.05, 0.1) is 5.02 Å². The average molecular weight is 330 g/mol. The molecule has 23 heavy (non-hydrogen) atoms. The van der Waals surface area contributed by atoms with Gasteiger partial charge in [0.15, 0.2) is 0 Å². The number of amides is 1. The van der Waals surface area contributed by atoms with E-state index >= 15 is 0 Å². The van der Waals surface area contributed by atoms with Gasteiger partial charge in [-0.25, -0.2) is 4.98 Å². The number of carbonyl (C=O) groups excluding carboxylic acids is 1. The van der Waals surface area contributed by atoms with Crippen LogP contribution in [0.2, 0.25) is 5.02 Å². The minimum Gasteiger partial charge on any atom is -0.508 e. The number of nitrogens with two attached hydrogens (primary N) is 1. The molecule has 0 atom stereocenters. The van der Waals surface area contributed by atoms with Crippen molar-refractivity contribution in [1.29, 1.82) is 0 Å². The number of phenolic OH excluding ortho intramolecular Hbond substituents is 1. The van der Waals surface area contributed by atoms with Crippen molar-refractivity contribution < 1.29 is 9.90 Å². The highest BCUT2D eigenvalue weighted by atomic mass is 35.5. The van der Waals surface area contributed by atoms with Gasteiger partial charge in [-0.1, -0.05) is 17.7 Å².